The Morgan fingerprint density at radius 3 is 1.32 bits per heavy atom. The van der Waals surface area contributed by atoms with Gasteiger partial charge < -0.3 is 30.7 Å². The summed E-state index contributed by atoms with van der Waals surface area (Å²) in [5.41, 5.74) is 11.8. The Morgan fingerprint density at radius 2 is 0.893 bits per heavy atom. The first-order valence-corrected chi connectivity index (χ1v) is 18.5. The SMILES string of the molecule is Cc1cc(C)c(Nc2nc(NCCCNc3nc(Nc4ccc(C#N)cc4)nc(Oc4c(C)cc(C)cc4C)n3)nc(Oc3c(C)cc(C)cc3C)n2)c(C)c1. The van der Waals surface area contributed by atoms with E-state index in [4.69, 9.17) is 14.5 Å². The van der Waals surface area contributed by atoms with Gasteiger partial charge in [0.15, 0.2) is 0 Å². The molecule has 6 aromatic rings. The Bertz CT molecular complexity index is 2280. The maximum absolute atomic E-state index is 9.21. The highest BCUT2D eigenvalue weighted by molar-refractivity contribution is 5.64. The lowest BCUT2D eigenvalue weighted by Crippen LogP contribution is -2.14. The van der Waals surface area contributed by atoms with E-state index in [0.717, 1.165) is 50.2 Å². The van der Waals surface area contributed by atoms with Crippen LogP contribution in [-0.4, -0.2) is 43.0 Å². The van der Waals surface area contributed by atoms with Crippen LogP contribution in [0.15, 0.2) is 60.7 Å². The summed E-state index contributed by atoms with van der Waals surface area (Å²) in [7, 11) is 0. The minimum atomic E-state index is 0.141. The quantitative estimate of drug-likeness (QED) is 0.0778. The van der Waals surface area contributed by atoms with Crippen molar-refractivity contribution >= 4 is 35.2 Å². The lowest BCUT2D eigenvalue weighted by Gasteiger charge is -2.16. The molecule has 0 unspecified atom stereocenters. The lowest BCUT2D eigenvalue weighted by atomic mass is 10.1. The van der Waals surface area contributed by atoms with E-state index in [-0.39, 0.29) is 12.0 Å². The van der Waals surface area contributed by atoms with Gasteiger partial charge in [0.25, 0.3) is 0 Å². The van der Waals surface area contributed by atoms with Gasteiger partial charge in [-0.05, 0) is 126 Å². The molecule has 4 N–H and O–H groups in total. The van der Waals surface area contributed by atoms with Crippen molar-refractivity contribution in [3.8, 4) is 29.6 Å². The molecule has 6 rings (SSSR count). The number of nitrogens with one attached hydrogen (secondary N) is 4. The third kappa shape index (κ3) is 9.83. The van der Waals surface area contributed by atoms with Crippen molar-refractivity contribution in [3.05, 3.63) is 116 Å². The molecule has 0 radical (unpaired) electrons. The molecule has 0 amide bonds. The first-order valence-electron chi connectivity index (χ1n) is 18.5. The van der Waals surface area contributed by atoms with Gasteiger partial charge >= 0.3 is 12.0 Å². The van der Waals surface area contributed by atoms with Crippen molar-refractivity contribution in [2.45, 2.75) is 68.7 Å². The van der Waals surface area contributed by atoms with Crippen molar-refractivity contribution in [1.29, 1.82) is 5.26 Å². The van der Waals surface area contributed by atoms with Crippen LogP contribution in [0.1, 0.15) is 62.1 Å². The first kappa shape index (κ1) is 38.9. The summed E-state index contributed by atoms with van der Waals surface area (Å²) in [6, 6.07) is 22.0. The molecule has 2 heterocycles. The van der Waals surface area contributed by atoms with Gasteiger partial charge in [0.1, 0.15) is 11.5 Å². The molecule has 0 fully saturated rings. The van der Waals surface area contributed by atoms with E-state index >= 15 is 0 Å². The average Bonchev–Trinajstić information content (AvgIpc) is 3.13. The van der Waals surface area contributed by atoms with Crippen molar-refractivity contribution in [2.24, 2.45) is 0 Å². The molecule has 13 nitrogen and oxygen atoms in total. The number of hydrogen-bond donors (Lipinski definition) is 4. The summed E-state index contributed by atoms with van der Waals surface area (Å²) in [4.78, 5) is 27.7. The molecule has 0 atom stereocenters. The fourth-order valence-electron chi connectivity index (χ4n) is 6.65. The first-order chi connectivity index (χ1) is 26.8. The van der Waals surface area contributed by atoms with Crippen LogP contribution in [0.5, 0.6) is 23.5 Å². The van der Waals surface area contributed by atoms with E-state index in [1.54, 1.807) is 24.3 Å². The normalized spacial score (nSPS) is 10.8. The van der Waals surface area contributed by atoms with E-state index in [2.05, 4.69) is 116 Å². The van der Waals surface area contributed by atoms with Gasteiger partial charge in [-0.2, -0.15) is 35.2 Å². The third-order valence-corrected chi connectivity index (χ3v) is 8.93. The van der Waals surface area contributed by atoms with E-state index in [9.17, 15) is 5.26 Å². The highest BCUT2D eigenvalue weighted by Crippen LogP contribution is 2.32. The van der Waals surface area contributed by atoms with Crippen LogP contribution in [0.25, 0.3) is 0 Å². The largest absolute Gasteiger partial charge is 0.424 e. The van der Waals surface area contributed by atoms with E-state index in [1.807, 2.05) is 34.6 Å². The van der Waals surface area contributed by atoms with Crippen LogP contribution in [-0.2, 0) is 0 Å². The molecule has 0 bridgehead atoms. The van der Waals surface area contributed by atoms with Gasteiger partial charge in [-0.3, -0.25) is 0 Å². The predicted molar refractivity (Wildman–Crippen MR) is 221 cm³/mol. The molecule has 0 aliphatic heterocycles. The smallest absolute Gasteiger partial charge is 0.328 e. The molecule has 56 heavy (non-hydrogen) atoms. The van der Waals surface area contributed by atoms with Crippen LogP contribution >= 0.6 is 0 Å². The number of nitrogens with zero attached hydrogens (tertiary/aromatic N) is 7. The standard InChI is InChI=1S/C43H47N11O2/c1-24-17-27(4)35(28(5)18-24)48-41-50-39(52-43(54-41)56-37-31(8)21-26(3)22-32(37)9)46-16-10-15-45-38-49-40(47-34-13-11-33(23-44)12-14-34)53-42(51-38)55-36-29(6)19-25(2)20-30(36)7/h11-14,17-22H,10,15-16H2,1-9H3,(H2,45,47,49,51,53)(H2,46,48,50,52,54). The summed E-state index contributed by atoms with van der Waals surface area (Å²) < 4.78 is 12.6. The highest BCUT2D eigenvalue weighted by Gasteiger charge is 2.16. The Kier molecular flexibility index (Phi) is 11.9. The maximum Gasteiger partial charge on any atom is 0.328 e. The van der Waals surface area contributed by atoms with Gasteiger partial charge in [0.05, 0.1) is 11.6 Å². The van der Waals surface area contributed by atoms with Gasteiger partial charge in [0, 0.05) is 24.5 Å². The predicted octanol–water partition coefficient (Wildman–Crippen LogP) is 9.69. The number of nitriles is 1. The number of benzene rings is 4. The summed E-state index contributed by atoms with van der Waals surface area (Å²) in [6.07, 6.45) is 0.660. The highest BCUT2D eigenvalue weighted by atomic mass is 16.5. The van der Waals surface area contributed by atoms with Crippen molar-refractivity contribution in [3.63, 3.8) is 0 Å². The number of anilines is 6. The molecule has 13 heteroatoms. The minimum absolute atomic E-state index is 0.141. The fraction of sp³-hybridized carbons (Fsp3) is 0.279. The molecule has 4 aromatic carbocycles. The van der Waals surface area contributed by atoms with Crippen molar-refractivity contribution in [1.82, 2.24) is 29.9 Å². The van der Waals surface area contributed by atoms with Crippen LogP contribution < -0.4 is 30.7 Å². The van der Waals surface area contributed by atoms with Gasteiger partial charge in [-0.1, -0.05) is 53.1 Å². The second kappa shape index (κ2) is 17.1. The molecular formula is C43H47N11O2. The van der Waals surface area contributed by atoms with Crippen LogP contribution in [0.4, 0.5) is 35.2 Å². The van der Waals surface area contributed by atoms with Crippen LogP contribution in [0, 0.1) is 73.6 Å². The number of rotatable bonds is 14. The van der Waals surface area contributed by atoms with Crippen molar-refractivity contribution < 1.29 is 9.47 Å². The molecule has 0 aliphatic rings. The van der Waals surface area contributed by atoms with E-state index in [1.165, 1.54) is 5.56 Å². The topological polar surface area (TPSA) is 168 Å². The summed E-state index contributed by atoms with van der Waals surface area (Å²) in [6.45, 7) is 19.4. The summed E-state index contributed by atoms with van der Waals surface area (Å²) in [5, 5.41) is 22.5. The molecule has 0 saturated heterocycles. The molecule has 0 saturated carbocycles. The monoisotopic (exact) mass is 749 g/mol. The maximum atomic E-state index is 9.21. The number of aryl methyl sites for hydroxylation is 9. The zero-order valence-corrected chi connectivity index (χ0v) is 33.3. The Labute approximate surface area is 328 Å². The Balaban J connectivity index is 1.18. The fourth-order valence-corrected chi connectivity index (χ4v) is 6.65. The minimum Gasteiger partial charge on any atom is -0.424 e. The van der Waals surface area contributed by atoms with E-state index < -0.39 is 0 Å². The lowest BCUT2D eigenvalue weighted by molar-refractivity contribution is 0.435. The number of ether oxygens (including phenoxy) is 2. The second-order valence-electron chi connectivity index (χ2n) is 14.1. The zero-order valence-electron chi connectivity index (χ0n) is 33.3. The third-order valence-electron chi connectivity index (χ3n) is 8.93. The molecule has 0 spiro atoms. The average molecular weight is 750 g/mol. The van der Waals surface area contributed by atoms with Crippen LogP contribution in [0.2, 0.25) is 0 Å². The summed E-state index contributed by atoms with van der Waals surface area (Å²) in [5.74, 6) is 2.77. The van der Waals surface area contributed by atoms with Crippen LogP contribution in [0.3, 0.4) is 0 Å². The molecule has 0 aliphatic carbocycles. The number of hydrogen-bond acceptors (Lipinski definition) is 13. The Morgan fingerprint density at radius 1 is 0.500 bits per heavy atom. The van der Waals surface area contributed by atoms with Gasteiger partial charge in [-0.25, -0.2) is 0 Å². The van der Waals surface area contributed by atoms with Gasteiger partial charge in [-0.15, -0.1) is 0 Å². The molecular weight excluding hydrogens is 703 g/mol. The van der Waals surface area contributed by atoms with Crippen molar-refractivity contribution in [2.75, 3.05) is 34.4 Å². The zero-order chi connectivity index (χ0) is 39.9. The van der Waals surface area contributed by atoms with Gasteiger partial charge in [0.2, 0.25) is 23.8 Å². The summed E-state index contributed by atoms with van der Waals surface area (Å²) >= 11 is 0. The second-order valence-corrected chi connectivity index (χ2v) is 14.1. The Hall–Kier alpha value is -6.81. The molecule has 286 valence electrons. The van der Waals surface area contributed by atoms with E-state index in [0.29, 0.717) is 66.1 Å². The number of aromatic nitrogens is 6. The molecule has 2 aromatic heterocycles.